The Labute approximate surface area is 190 Å². The van der Waals surface area contributed by atoms with E-state index in [9.17, 15) is 4.79 Å². The summed E-state index contributed by atoms with van der Waals surface area (Å²) in [6.07, 6.45) is 0. The predicted octanol–water partition coefficient (Wildman–Crippen LogP) is 4.12. The minimum absolute atomic E-state index is 0.0362. The molecule has 8 nitrogen and oxygen atoms in total. The summed E-state index contributed by atoms with van der Waals surface area (Å²) in [6, 6.07) is 8.20. The van der Waals surface area contributed by atoms with E-state index < -0.39 is 0 Å². The Kier molecular flexibility index (Phi) is 6.14. The number of amides is 1. The summed E-state index contributed by atoms with van der Waals surface area (Å²) in [5, 5.41) is 12.4. The van der Waals surface area contributed by atoms with Gasteiger partial charge in [-0.2, -0.15) is 0 Å². The second-order valence-electron chi connectivity index (χ2n) is 6.11. The molecule has 30 heavy (non-hydrogen) atoms. The average Bonchev–Trinajstić information content (AvgIpc) is 3.07. The van der Waals surface area contributed by atoms with E-state index in [4.69, 9.17) is 50.1 Å². The molecular weight excluding hydrogens is 473 g/mol. The van der Waals surface area contributed by atoms with Crippen molar-refractivity contribution in [3.05, 3.63) is 45.4 Å². The normalized spacial score (nSPS) is 12.6. The van der Waals surface area contributed by atoms with E-state index in [2.05, 4.69) is 15.5 Å². The number of thioether (sulfide) groups is 1. The number of benzene rings is 2. The largest absolute Gasteiger partial charge is 0.486 e. The molecular formula is C18H14Cl3N5O3S. The molecule has 0 radical (unpaired) electrons. The maximum Gasteiger partial charge on any atom is 0.234 e. The van der Waals surface area contributed by atoms with Crippen LogP contribution in [0.1, 0.15) is 0 Å². The summed E-state index contributed by atoms with van der Waals surface area (Å²) in [5.74, 6) is 7.24. The molecule has 1 aliphatic heterocycles. The molecule has 1 amide bonds. The fourth-order valence-electron chi connectivity index (χ4n) is 2.71. The number of anilines is 1. The van der Waals surface area contributed by atoms with Crippen molar-refractivity contribution < 1.29 is 14.3 Å². The third-order valence-electron chi connectivity index (χ3n) is 4.07. The number of nitrogens with two attached hydrogens (primary N) is 1. The van der Waals surface area contributed by atoms with E-state index >= 15 is 0 Å². The molecule has 1 aromatic heterocycles. The molecule has 0 fully saturated rings. The molecule has 3 aromatic rings. The third-order valence-corrected chi connectivity index (χ3v) is 5.88. The zero-order valence-electron chi connectivity index (χ0n) is 15.2. The fourth-order valence-corrected chi connectivity index (χ4v) is 4.06. The van der Waals surface area contributed by atoms with Crippen LogP contribution in [0, 0.1) is 0 Å². The number of nitrogen functional groups attached to an aromatic ring is 1. The van der Waals surface area contributed by atoms with Crippen molar-refractivity contribution in [1.29, 1.82) is 0 Å². The van der Waals surface area contributed by atoms with E-state index in [-0.39, 0.29) is 11.7 Å². The summed E-state index contributed by atoms with van der Waals surface area (Å²) in [5.41, 5.74) is 1.00. The second-order valence-corrected chi connectivity index (χ2v) is 8.31. The van der Waals surface area contributed by atoms with Crippen LogP contribution in [0.5, 0.6) is 11.5 Å². The molecule has 1 aliphatic rings. The van der Waals surface area contributed by atoms with Crippen LogP contribution in [0.3, 0.4) is 0 Å². The van der Waals surface area contributed by atoms with Gasteiger partial charge in [-0.25, -0.2) is 4.68 Å². The van der Waals surface area contributed by atoms with Gasteiger partial charge in [0.25, 0.3) is 0 Å². The SMILES string of the molecule is Nn1c(SCC(=O)Nc2cc3c(cc2Cl)OCCO3)nnc1-c1ccc(Cl)cc1Cl. The summed E-state index contributed by atoms with van der Waals surface area (Å²) in [6.45, 7) is 0.888. The Morgan fingerprint density at radius 3 is 2.57 bits per heavy atom. The number of rotatable bonds is 5. The first kappa shape index (κ1) is 20.9. The number of halogens is 3. The summed E-state index contributed by atoms with van der Waals surface area (Å²) in [4.78, 5) is 12.4. The van der Waals surface area contributed by atoms with Crippen molar-refractivity contribution in [2.45, 2.75) is 5.16 Å². The van der Waals surface area contributed by atoms with Gasteiger partial charge in [0.1, 0.15) is 13.2 Å². The molecule has 0 atom stereocenters. The number of ether oxygens (including phenoxy) is 2. The number of carbonyl (C=O) groups excluding carboxylic acids is 1. The molecule has 156 valence electrons. The van der Waals surface area contributed by atoms with Crippen LogP contribution in [0.2, 0.25) is 15.1 Å². The summed E-state index contributed by atoms with van der Waals surface area (Å²) < 4.78 is 12.2. The van der Waals surface area contributed by atoms with Gasteiger partial charge in [0.05, 0.1) is 21.5 Å². The van der Waals surface area contributed by atoms with Gasteiger partial charge in [-0.1, -0.05) is 46.6 Å². The Balaban J connectivity index is 1.43. The van der Waals surface area contributed by atoms with Gasteiger partial charge >= 0.3 is 0 Å². The lowest BCUT2D eigenvalue weighted by molar-refractivity contribution is -0.113. The van der Waals surface area contributed by atoms with Crippen LogP contribution in [0.4, 0.5) is 5.69 Å². The predicted molar refractivity (Wildman–Crippen MR) is 117 cm³/mol. The minimum Gasteiger partial charge on any atom is -0.486 e. The average molecular weight is 487 g/mol. The maximum absolute atomic E-state index is 12.4. The second kappa shape index (κ2) is 8.81. The zero-order chi connectivity index (χ0) is 21.3. The highest BCUT2D eigenvalue weighted by atomic mass is 35.5. The number of carbonyl (C=O) groups is 1. The van der Waals surface area contributed by atoms with Crippen LogP contribution in [-0.2, 0) is 4.79 Å². The number of aromatic nitrogens is 3. The van der Waals surface area contributed by atoms with Crippen molar-refractivity contribution in [1.82, 2.24) is 14.9 Å². The van der Waals surface area contributed by atoms with E-state index in [0.29, 0.717) is 62.0 Å². The number of nitrogens with one attached hydrogen (secondary N) is 1. The smallest absolute Gasteiger partial charge is 0.234 e. The highest BCUT2D eigenvalue weighted by Crippen LogP contribution is 2.38. The Morgan fingerprint density at radius 1 is 1.10 bits per heavy atom. The van der Waals surface area contributed by atoms with Crippen LogP contribution < -0.4 is 20.6 Å². The lowest BCUT2D eigenvalue weighted by Crippen LogP contribution is -2.18. The first-order chi connectivity index (χ1) is 14.4. The number of hydrogen-bond donors (Lipinski definition) is 2. The van der Waals surface area contributed by atoms with Crippen LogP contribution >= 0.6 is 46.6 Å². The Hall–Kier alpha value is -2.33. The number of hydrogen-bond acceptors (Lipinski definition) is 7. The lowest BCUT2D eigenvalue weighted by Gasteiger charge is -2.20. The van der Waals surface area contributed by atoms with Crippen molar-refractivity contribution in [3.8, 4) is 22.9 Å². The minimum atomic E-state index is -0.298. The third kappa shape index (κ3) is 4.39. The fraction of sp³-hybridized carbons (Fsp3) is 0.167. The zero-order valence-corrected chi connectivity index (χ0v) is 18.3. The van der Waals surface area contributed by atoms with Gasteiger partial charge in [0, 0.05) is 22.7 Å². The van der Waals surface area contributed by atoms with E-state index in [1.54, 1.807) is 30.3 Å². The first-order valence-electron chi connectivity index (χ1n) is 8.60. The number of nitrogens with zero attached hydrogens (tertiary/aromatic N) is 3. The van der Waals surface area contributed by atoms with Gasteiger partial charge in [-0.15, -0.1) is 10.2 Å². The van der Waals surface area contributed by atoms with Crippen molar-refractivity contribution in [3.63, 3.8) is 0 Å². The molecule has 0 aliphatic carbocycles. The standard InChI is InChI=1S/C18H14Cl3N5O3S/c19-9-1-2-10(11(20)5-9)17-24-25-18(26(17)22)30-8-16(27)23-13-7-15-14(6-12(13)21)28-3-4-29-15/h1-2,5-7H,3-4,8,22H2,(H,23,27). The topological polar surface area (TPSA) is 104 Å². The van der Waals surface area contributed by atoms with Gasteiger partial charge in [0.15, 0.2) is 17.3 Å². The van der Waals surface area contributed by atoms with E-state index in [1.165, 1.54) is 4.68 Å². The molecule has 12 heteroatoms. The van der Waals surface area contributed by atoms with Crippen LogP contribution in [-0.4, -0.2) is 39.7 Å². The maximum atomic E-state index is 12.4. The lowest BCUT2D eigenvalue weighted by atomic mass is 10.2. The quantitative estimate of drug-likeness (QED) is 0.413. The highest BCUT2D eigenvalue weighted by molar-refractivity contribution is 7.99. The van der Waals surface area contributed by atoms with Gasteiger partial charge in [-0.05, 0) is 18.2 Å². The summed E-state index contributed by atoms with van der Waals surface area (Å²) >= 11 is 19.5. The van der Waals surface area contributed by atoms with Crippen LogP contribution in [0.25, 0.3) is 11.4 Å². The molecule has 0 saturated carbocycles. The van der Waals surface area contributed by atoms with Crippen molar-refractivity contribution in [2.24, 2.45) is 0 Å². The van der Waals surface area contributed by atoms with Crippen molar-refractivity contribution in [2.75, 3.05) is 30.1 Å². The molecule has 0 spiro atoms. The van der Waals surface area contributed by atoms with Crippen molar-refractivity contribution >= 4 is 58.2 Å². The molecule has 4 rings (SSSR count). The van der Waals surface area contributed by atoms with Gasteiger partial charge in [-0.3, -0.25) is 4.79 Å². The van der Waals surface area contributed by atoms with Crippen LogP contribution in [0.15, 0.2) is 35.5 Å². The molecule has 2 heterocycles. The summed E-state index contributed by atoms with van der Waals surface area (Å²) in [7, 11) is 0. The monoisotopic (exact) mass is 485 g/mol. The molecule has 3 N–H and O–H groups in total. The van der Waals surface area contributed by atoms with Gasteiger partial charge < -0.3 is 20.6 Å². The first-order valence-corrected chi connectivity index (χ1v) is 10.7. The highest BCUT2D eigenvalue weighted by Gasteiger charge is 2.18. The molecule has 2 aromatic carbocycles. The van der Waals surface area contributed by atoms with E-state index in [0.717, 1.165) is 11.8 Å². The van der Waals surface area contributed by atoms with Gasteiger partial charge in [0.2, 0.25) is 11.1 Å². The van der Waals surface area contributed by atoms with E-state index in [1.807, 2.05) is 0 Å². The molecule has 0 saturated heterocycles. The number of fused-ring (bicyclic) bond motifs is 1. The molecule has 0 bridgehead atoms. The Morgan fingerprint density at radius 2 is 1.83 bits per heavy atom. The Bertz CT molecular complexity index is 1120. The molecule has 0 unspecified atom stereocenters.